The molecule has 2 nitrogen and oxygen atoms in total. The number of carbonyl (C=O) groups excluding carboxylic acids is 1. The predicted molar refractivity (Wildman–Crippen MR) is 80.6 cm³/mol. The minimum atomic E-state index is 0.0192. The molecule has 0 aliphatic heterocycles. The molecule has 0 unspecified atom stereocenters. The number of hydrogen-bond acceptors (Lipinski definition) is 1. The topological polar surface area (TPSA) is 29.1 Å². The Morgan fingerprint density at radius 2 is 1.70 bits per heavy atom. The average molecular weight is 265 g/mol. The monoisotopic (exact) mass is 265 g/mol. The second kappa shape index (κ2) is 5.49. The van der Waals surface area contributed by atoms with E-state index in [1.165, 1.54) is 24.0 Å². The SMILES string of the molecule is Cc1ccc(C(=O)N[C@H](c2ccccc2)C2CC2)cc1. The fourth-order valence-electron chi connectivity index (χ4n) is 2.49. The van der Waals surface area contributed by atoms with Crippen molar-refractivity contribution in [3.63, 3.8) is 0 Å². The van der Waals surface area contributed by atoms with Gasteiger partial charge in [0, 0.05) is 5.56 Å². The highest BCUT2D eigenvalue weighted by atomic mass is 16.1. The lowest BCUT2D eigenvalue weighted by molar-refractivity contribution is 0.0931. The first-order valence-corrected chi connectivity index (χ1v) is 7.16. The van der Waals surface area contributed by atoms with E-state index in [0.29, 0.717) is 5.92 Å². The summed E-state index contributed by atoms with van der Waals surface area (Å²) >= 11 is 0. The molecular weight excluding hydrogens is 246 g/mol. The van der Waals surface area contributed by atoms with E-state index < -0.39 is 0 Å². The zero-order chi connectivity index (χ0) is 13.9. The van der Waals surface area contributed by atoms with Gasteiger partial charge in [-0.3, -0.25) is 4.79 Å². The van der Waals surface area contributed by atoms with E-state index in [1.54, 1.807) is 0 Å². The molecule has 3 rings (SSSR count). The fraction of sp³-hybridized carbons (Fsp3) is 0.278. The molecule has 0 spiro atoms. The Hall–Kier alpha value is -2.09. The van der Waals surface area contributed by atoms with Crippen molar-refractivity contribution in [3.8, 4) is 0 Å². The molecule has 102 valence electrons. The Labute approximate surface area is 119 Å². The van der Waals surface area contributed by atoms with Gasteiger partial charge in [-0.2, -0.15) is 0 Å². The molecule has 1 N–H and O–H groups in total. The Morgan fingerprint density at radius 3 is 2.30 bits per heavy atom. The second-order valence-corrected chi connectivity index (χ2v) is 5.57. The summed E-state index contributed by atoms with van der Waals surface area (Å²) < 4.78 is 0. The molecule has 20 heavy (non-hydrogen) atoms. The molecule has 2 aromatic carbocycles. The summed E-state index contributed by atoms with van der Waals surface area (Å²) in [6, 6.07) is 18.1. The quantitative estimate of drug-likeness (QED) is 0.893. The van der Waals surface area contributed by atoms with Crippen molar-refractivity contribution in [2.24, 2.45) is 5.92 Å². The molecule has 2 heteroatoms. The van der Waals surface area contributed by atoms with Crippen molar-refractivity contribution in [2.75, 3.05) is 0 Å². The molecule has 1 amide bonds. The molecule has 0 radical (unpaired) electrons. The third-order valence-corrected chi connectivity index (χ3v) is 3.85. The van der Waals surface area contributed by atoms with Crippen LogP contribution in [0.25, 0.3) is 0 Å². The van der Waals surface area contributed by atoms with E-state index in [9.17, 15) is 4.79 Å². The summed E-state index contributed by atoms with van der Waals surface area (Å²) in [5, 5.41) is 3.19. The van der Waals surface area contributed by atoms with Crippen LogP contribution in [0.1, 0.15) is 40.4 Å². The molecule has 1 aliphatic carbocycles. The summed E-state index contributed by atoms with van der Waals surface area (Å²) in [6.45, 7) is 2.03. The summed E-state index contributed by atoms with van der Waals surface area (Å²) in [5.74, 6) is 0.609. The second-order valence-electron chi connectivity index (χ2n) is 5.57. The van der Waals surface area contributed by atoms with E-state index in [1.807, 2.05) is 49.4 Å². The largest absolute Gasteiger partial charge is 0.345 e. The number of amides is 1. The van der Waals surface area contributed by atoms with E-state index in [-0.39, 0.29) is 11.9 Å². The number of aryl methyl sites for hydroxylation is 1. The van der Waals surface area contributed by atoms with Crippen LogP contribution < -0.4 is 5.32 Å². The normalized spacial score (nSPS) is 15.7. The van der Waals surface area contributed by atoms with Crippen LogP contribution in [0.4, 0.5) is 0 Å². The lowest BCUT2D eigenvalue weighted by Gasteiger charge is -2.19. The molecule has 0 heterocycles. The maximum absolute atomic E-state index is 12.4. The first kappa shape index (κ1) is 12.9. The number of carbonyl (C=O) groups is 1. The van der Waals surface area contributed by atoms with Gasteiger partial charge in [-0.25, -0.2) is 0 Å². The number of rotatable bonds is 4. The lowest BCUT2D eigenvalue weighted by atomic mass is 10.0. The van der Waals surface area contributed by atoms with Crippen molar-refractivity contribution >= 4 is 5.91 Å². The van der Waals surface area contributed by atoms with Crippen LogP contribution in [0.15, 0.2) is 54.6 Å². The van der Waals surface area contributed by atoms with Crippen molar-refractivity contribution in [3.05, 3.63) is 71.3 Å². The first-order chi connectivity index (χ1) is 9.74. The Balaban J connectivity index is 1.77. The third kappa shape index (κ3) is 2.90. The summed E-state index contributed by atoms with van der Waals surface area (Å²) in [7, 11) is 0. The smallest absolute Gasteiger partial charge is 0.251 e. The lowest BCUT2D eigenvalue weighted by Crippen LogP contribution is -2.29. The van der Waals surface area contributed by atoms with Crippen LogP contribution in [-0.4, -0.2) is 5.91 Å². The zero-order valence-electron chi connectivity index (χ0n) is 11.7. The van der Waals surface area contributed by atoms with E-state index in [4.69, 9.17) is 0 Å². The van der Waals surface area contributed by atoms with Crippen molar-refractivity contribution in [2.45, 2.75) is 25.8 Å². The highest BCUT2D eigenvalue weighted by Crippen LogP contribution is 2.41. The molecule has 2 aromatic rings. The standard InChI is InChI=1S/C18H19NO/c1-13-7-9-16(10-8-13)18(20)19-17(15-11-12-15)14-5-3-2-4-6-14/h2-10,15,17H,11-12H2,1H3,(H,19,20)/t17-/m1/s1. The van der Waals surface area contributed by atoms with E-state index in [2.05, 4.69) is 17.4 Å². The predicted octanol–water partition coefficient (Wildman–Crippen LogP) is 3.88. The maximum Gasteiger partial charge on any atom is 0.251 e. The number of benzene rings is 2. The molecule has 0 aromatic heterocycles. The minimum Gasteiger partial charge on any atom is -0.345 e. The van der Waals surface area contributed by atoms with Gasteiger partial charge in [-0.05, 0) is 43.4 Å². The van der Waals surface area contributed by atoms with Gasteiger partial charge in [0.25, 0.3) is 5.91 Å². The van der Waals surface area contributed by atoms with Crippen LogP contribution in [0, 0.1) is 12.8 Å². The molecule has 1 atom stereocenters. The van der Waals surface area contributed by atoms with Gasteiger partial charge in [0.2, 0.25) is 0 Å². The van der Waals surface area contributed by atoms with Crippen LogP contribution in [0.5, 0.6) is 0 Å². The highest BCUT2D eigenvalue weighted by Gasteiger charge is 2.33. The van der Waals surface area contributed by atoms with Gasteiger partial charge in [-0.15, -0.1) is 0 Å². The molecule has 1 fully saturated rings. The Bertz CT molecular complexity index is 585. The van der Waals surface area contributed by atoms with E-state index in [0.717, 1.165) is 5.56 Å². The van der Waals surface area contributed by atoms with Crippen molar-refractivity contribution < 1.29 is 4.79 Å². The van der Waals surface area contributed by atoms with Gasteiger partial charge in [-0.1, -0.05) is 48.0 Å². The Morgan fingerprint density at radius 1 is 1.05 bits per heavy atom. The highest BCUT2D eigenvalue weighted by molar-refractivity contribution is 5.94. The van der Waals surface area contributed by atoms with Gasteiger partial charge < -0.3 is 5.32 Å². The third-order valence-electron chi connectivity index (χ3n) is 3.85. The number of hydrogen-bond donors (Lipinski definition) is 1. The summed E-state index contributed by atoms with van der Waals surface area (Å²) in [5.41, 5.74) is 3.11. The van der Waals surface area contributed by atoms with Gasteiger partial charge in [0.15, 0.2) is 0 Å². The van der Waals surface area contributed by atoms with Crippen LogP contribution in [-0.2, 0) is 0 Å². The molecule has 1 aliphatic rings. The van der Waals surface area contributed by atoms with Crippen molar-refractivity contribution in [1.29, 1.82) is 0 Å². The van der Waals surface area contributed by atoms with Gasteiger partial charge in [0.05, 0.1) is 6.04 Å². The van der Waals surface area contributed by atoms with E-state index >= 15 is 0 Å². The van der Waals surface area contributed by atoms with Crippen molar-refractivity contribution in [1.82, 2.24) is 5.32 Å². The zero-order valence-corrected chi connectivity index (χ0v) is 11.7. The summed E-state index contributed by atoms with van der Waals surface area (Å²) in [4.78, 5) is 12.4. The number of nitrogens with one attached hydrogen (secondary N) is 1. The van der Waals surface area contributed by atoms with Crippen LogP contribution in [0.3, 0.4) is 0 Å². The fourth-order valence-corrected chi connectivity index (χ4v) is 2.49. The van der Waals surface area contributed by atoms with Gasteiger partial charge >= 0.3 is 0 Å². The van der Waals surface area contributed by atoms with Crippen LogP contribution in [0.2, 0.25) is 0 Å². The summed E-state index contributed by atoms with van der Waals surface area (Å²) in [6.07, 6.45) is 2.40. The molecule has 0 bridgehead atoms. The Kier molecular flexibility index (Phi) is 3.55. The average Bonchev–Trinajstić information content (AvgIpc) is 3.31. The molecular formula is C18H19NO. The molecule has 0 saturated heterocycles. The van der Waals surface area contributed by atoms with Gasteiger partial charge in [0.1, 0.15) is 0 Å². The van der Waals surface area contributed by atoms with Crippen LogP contribution >= 0.6 is 0 Å². The molecule has 1 saturated carbocycles. The minimum absolute atomic E-state index is 0.0192. The first-order valence-electron chi connectivity index (χ1n) is 7.16. The maximum atomic E-state index is 12.4.